The zero-order valence-electron chi connectivity index (χ0n) is 35.0. The molecule has 0 spiro atoms. The van der Waals surface area contributed by atoms with Gasteiger partial charge < -0.3 is 154 Å². The number of ether oxygens (including phenoxy) is 11. The highest BCUT2D eigenvalue weighted by Gasteiger charge is 2.56. The van der Waals surface area contributed by atoms with E-state index in [2.05, 4.69) is 0 Å². The molecule has 0 aliphatic carbocycles. The van der Waals surface area contributed by atoms with E-state index in [1.807, 2.05) is 0 Å². The molecule has 30 atom stereocenters. The molecule has 0 aromatic carbocycles. The molecule has 0 aromatic heterocycles. The Hall–Kier alpha value is -1.24. The van der Waals surface area contributed by atoms with Crippen LogP contribution >= 0.6 is 0 Å². The van der Waals surface area contributed by atoms with Crippen molar-refractivity contribution in [2.24, 2.45) is 0 Å². The van der Waals surface area contributed by atoms with Crippen molar-refractivity contribution in [2.75, 3.05) is 39.6 Å². The minimum Gasteiger partial charge on any atom is -0.394 e. The fourth-order valence-corrected chi connectivity index (χ4v) is 8.42. The molecule has 67 heavy (non-hydrogen) atoms. The standard InChI is InChI=1S/C36H62O31/c37-1-7-13(42)15(44)22(51)33(59-7)64-28-10(4-40)62-35(25(54)19(28)48)66-27-9(3-39)61-32(24(53)18(27)47)57-6-12-30(17(46)21(50)31(56)58-12)67-36-26(55)20(49)29(11(5-41)63-36)65-34-23(52)16(45)14(43)8(2-38)60-34/h7-56H,1-6H2/t7-,8-,9-,10-,11-,12-,13-,14-,15+,16+,17-,18-,19-,20-,21-,22-,23-,24-,25-,26-,27-,28-,29-,30-,31?,32+,33-,34-,35-,36-/m1/s1. The van der Waals surface area contributed by atoms with Gasteiger partial charge in [-0.1, -0.05) is 0 Å². The number of hydrogen-bond acceptors (Lipinski definition) is 31. The second-order valence-corrected chi connectivity index (χ2v) is 16.8. The predicted octanol–water partition coefficient (Wildman–Crippen LogP) is -14.1. The molecular formula is C36H62O31. The molecule has 392 valence electrons. The van der Waals surface area contributed by atoms with Gasteiger partial charge in [0.15, 0.2) is 37.7 Å². The van der Waals surface area contributed by atoms with Crippen molar-refractivity contribution in [1.82, 2.24) is 0 Å². The molecule has 0 bridgehead atoms. The number of aliphatic hydroxyl groups excluding tert-OH is 20. The molecule has 31 heteroatoms. The fraction of sp³-hybridized carbons (Fsp3) is 1.00. The summed E-state index contributed by atoms with van der Waals surface area (Å²) in [5.41, 5.74) is 0. The molecule has 6 fully saturated rings. The summed E-state index contributed by atoms with van der Waals surface area (Å²) in [7, 11) is 0. The van der Waals surface area contributed by atoms with E-state index in [0.29, 0.717) is 0 Å². The van der Waals surface area contributed by atoms with Gasteiger partial charge in [-0.25, -0.2) is 0 Å². The van der Waals surface area contributed by atoms with E-state index in [-0.39, 0.29) is 0 Å². The lowest BCUT2D eigenvalue weighted by molar-refractivity contribution is -0.386. The summed E-state index contributed by atoms with van der Waals surface area (Å²) in [6, 6.07) is 0. The summed E-state index contributed by atoms with van der Waals surface area (Å²) in [5.74, 6) is 0. The first-order valence-corrected chi connectivity index (χ1v) is 21.1. The Balaban J connectivity index is 1.08. The van der Waals surface area contributed by atoms with Crippen molar-refractivity contribution < 1.29 is 154 Å². The second-order valence-electron chi connectivity index (χ2n) is 16.8. The van der Waals surface area contributed by atoms with Crippen LogP contribution in [0, 0.1) is 0 Å². The highest BCUT2D eigenvalue weighted by molar-refractivity contribution is 4.99. The first-order chi connectivity index (χ1) is 31.7. The highest BCUT2D eigenvalue weighted by atomic mass is 16.8. The summed E-state index contributed by atoms with van der Waals surface area (Å²) >= 11 is 0. The van der Waals surface area contributed by atoms with Crippen LogP contribution in [0.25, 0.3) is 0 Å². The van der Waals surface area contributed by atoms with E-state index in [0.717, 1.165) is 0 Å². The van der Waals surface area contributed by atoms with Crippen LogP contribution < -0.4 is 0 Å². The highest BCUT2D eigenvalue weighted by Crippen LogP contribution is 2.35. The molecule has 31 nitrogen and oxygen atoms in total. The average Bonchev–Trinajstić information content (AvgIpc) is 3.32. The molecule has 6 rings (SSSR count). The maximum Gasteiger partial charge on any atom is 0.187 e. The number of hydrogen-bond donors (Lipinski definition) is 20. The molecule has 1 unspecified atom stereocenters. The lowest BCUT2D eigenvalue weighted by Crippen LogP contribution is -2.67. The molecule has 0 aromatic rings. The molecule has 6 saturated heterocycles. The van der Waals surface area contributed by atoms with E-state index >= 15 is 0 Å². The van der Waals surface area contributed by atoms with Crippen LogP contribution in [0.5, 0.6) is 0 Å². The Kier molecular flexibility index (Phi) is 19.4. The molecule has 6 aliphatic heterocycles. The van der Waals surface area contributed by atoms with Gasteiger partial charge in [0.25, 0.3) is 0 Å². The maximum absolute atomic E-state index is 11.2. The van der Waals surface area contributed by atoms with Crippen molar-refractivity contribution in [1.29, 1.82) is 0 Å². The minimum absolute atomic E-state index is 0.828. The van der Waals surface area contributed by atoms with Crippen LogP contribution in [0.1, 0.15) is 0 Å². The third-order valence-electron chi connectivity index (χ3n) is 12.4. The first kappa shape index (κ1) is 55.1. The van der Waals surface area contributed by atoms with Crippen molar-refractivity contribution in [3.63, 3.8) is 0 Å². The summed E-state index contributed by atoms with van der Waals surface area (Å²) in [4.78, 5) is 0. The molecule has 20 N–H and O–H groups in total. The lowest BCUT2D eigenvalue weighted by atomic mass is 9.95. The van der Waals surface area contributed by atoms with Crippen molar-refractivity contribution in [2.45, 2.75) is 184 Å². The van der Waals surface area contributed by atoms with Gasteiger partial charge in [-0.05, 0) is 0 Å². The van der Waals surface area contributed by atoms with Crippen LogP contribution in [0.4, 0.5) is 0 Å². The molecular weight excluding hydrogens is 928 g/mol. The number of rotatable bonds is 16. The van der Waals surface area contributed by atoms with Gasteiger partial charge in [0, 0.05) is 0 Å². The normalized spacial score (nSPS) is 53.4. The lowest BCUT2D eigenvalue weighted by Gasteiger charge is -2.48. The van der Waals surface area contributed by atoms with Crippen molar-refractivity contribution in [3.8, 4) is 0 Å². The van der Waals surface area contributed by atoms with E-state index in [4.69, 9.17) is 52.1 Å². The van der Waals surface area contributed by atoms with E-state index in [9.17, 15) is 102 Å². The zero-order chi connectivity index (χ0) is 49.3. The molecule has 0 saturated carbocycles. The smallest absolute Gasteiger partial charge is 0.187 e. The average molecular weight is 991 g/mol. The first-order valence-electron chi connectivity index (χ1n) is 21.1. The quantitative estimate of drug-likeness (QED) is 0.0683. The molecule has 0 radical (unpaired) electrons. The Labute approximate surface area is 378 Å². The van der Waals surface area contributed by atoms with Crippen molar-refractivity contribution in [3.05, 3.63) is 0 Å². The molecule has 6 aliphatic rings. The molecule has 6 heterocycles. The Morgan fingerprint density at radius 2 is 0.522 bits per heavy atom. The van der Waals surface area contributed by atoms with Crippen LogP contribution in [0.15, 0.2) is 0 Å². The predicted molar refractivity (Wildman–Crippen MR) is 199 cm³/mol. The van der Waals surface area contributed by atoms with E-state index in [1.165, 1.54) is 0 Å². The van der Waals surface area contributed by atoms with Gasteiger partial charge >= 0.3 is 0 Å². The van der Waals surface area contributed by atoms with Gasteiger partial charge in [0.1, 0.15) is 146 Å². The zero-order valence-corrected chi connectivity index (χ0v) is 35.0. The third kappa shape index (κ3) is 11.4. The third-order valence-corrected chi connectivity index (χ3v) is 12.4. The van der Waals surface area contributed by atoms with Crippen molar-refractivity contribution >= 4 is 0 Å². The van der Waals surface area contributed by atoms with Gasteiger partial charge in [-0.2, -0.15) is 0 Å². The summed E-state index contributed by atoms with van der Waals surface area (Å²) < 4.78 is 60.6. The summed E-state index contributed by atoms with van der Waals surface area (Å²) in [6.45, 7) is -5.46. The van der Waals surface area contributed by atoms with E-state index < -0.39 is 224 Å². The van der Waals surface area contributed by atoms with Crippen LogP contribution in [-0.4, -0.2) is 326 Å². The summed E-state index contributed by atoms with van der Waals surface area (Å²) in [6.07, 6.45) is -56.3. The summed E-state index contributed by atoms with van der Waals surface area (Å²) in [5, 5.41) is 209. The SMILES string of the molecule is OC[C@H]1O[C@H](O[C@H]2[C@H](O)[C@@H](O)[C@@H](O[C@H]3[C@H](O)[C@@H](O)[C@@H](OC[C@H]4OC(O)[C@H](O)[C@@H](O)[C@@H]4O[C@H]4O[C@H](CO)[C@@H](O[C@H]5O[C@H](CO)[C@@H](O)[C@H](O)[C@H]5O)[C@H](O)[C@H]4O)O[C@@H]3CO)O[C@@H]2CO)[C@H](O)[C@@H](O)[C@@H]1O. The van der Waals surface area contributed by atoms with Crippen LogP contribution in [0.2, 0.25) is 0 Å². The second kappa shape index (κ2) is 23.5. The molecule has 0 amide bonds. The largest absolute Gasteiger partial charge is 0.394 e. The topological polar surface area (TPSA) is 506 Å². The Bertz CT molecular complexity index is 1500. The number of aliphatic hydroxyl groups is 20. The Morgan fingerprint density at radius 1 is 0.254 bits per heavy atom. The van der Waals surface area contributed by atoms with E-state index in [1.54, 1.807) is 0 Å². The monoisotopic (exact) mass is 990 g/mol. The van der Waals surface area contributed by atoms with Gasteiger partial charge in [-0.3, -0.25) is 0 Å². The minimum atomic E-state index is -2.14. The Morgan fingerprint density at radius 3 is 0.866 bits per heavy atom. The van der Waals surface area contributed by atoms with Crippen LogP contribution in [0.3, 0.4) is 0 Å². The van der Waals surface area contributed by atoms with Crippen LogP contribution in [-0.2, 0) is 52.1 Å². The van der Waals surface area contributed by atoms with Gasteiger partial charge in [0.2, 0.25) is 0 Å². The fourth-order valence-electron chi connectivity index (χ4n) is 8.42. The van der Waals surface area contributed by atoms with Gasteiger partial charge in [0.05, 0.1) is 39.6 Å². The van der Waals surface area contributed by atoms with Gasteiger partial charge in [-0.15, -0.1) is 0 Å². The maximum atomic E-state index is 11.2.